The van der Waals surface area contributed by atoms with E-state index in [1.165, 1.54) is 0 Å². The molecule has 0 amide bonds. The highest BCUT2D eigenvalue weighted by molar-refractivity contribution is 5.25. The number of hydrogen-bond donors (Lipinski definition) is 1. The molecule has 0 aromatic carbocycles. The maximum Gasteiger partial charge on any atom is 0.124 e. The van der Waals surface area contributed by atoms with E-state index in [4.69, 9.17) is 5.26 Å². The molecule has 1 aromatic rings. The van der Waals surface area contributed by atoms with Crippen LogP contribution in [0.3, 0.4) is 0 Å². The van der Waals surface area contributed by atoms with Crippen LogP contribution in [0, 0.1) is 18.3 Å². The summed E-state index contributed by atoms with van der Waals surface area (Å²) >= 11 is 0. The maximum atomic E-state index is 9.01. The van der Waals surface area contributed by atoms with Crippen molar-refractivity contribution in [2.75, 3.05) is 0 Å². The summed E-state index contributed by atoms with van der Waals surface area (Å²) in [5, 5.41) is 16.4. The van der Waals surface area contributed by atoms with Crippen molar-refractivity contribution in [1.82, 2.24) is 15.1 Å². The molecule has 4 heteroatoms. The van der Waals surface area contributed by atoms with E-state index in [1.807, 2.05) is 34.0 Å². The second kappa shape index (κ2) is 4.25. The molecule has 0 aliphatic rings. The van der Waals surface area contributed by atoms with Crippen LogP contribution in [0.2, 0.25) is 0 Å². The van der Waals surface area contributed by atoms with Gasteiger partial charge >= 0.3 is 0 Å². The van der Waals surface area contributed by atoms with Crippen LogP contribution in [0.15, 0.2) is 6.20 Å². The average Bonchev–Trinajstić information content (AvgIpc) is 2.41. The second-order valence-electron chi connectivity index (χ2n) is 3.73. The number of rotatable bonds is 3. The van der Waals surface area contributed by atoms with Crippen LogP contribution < -0.4 is 5.32 Å². The van der Waals surface area contributed by atoms with Gasteiger partial charge in [0.1, 0.15) is 6.04 Å². The third-order valence-electron chi connectivity index (χ3n) is 1.99. The van der Waals surface area contributed by atoms with Crippen molar-refractivity contribution in [3.05, 3.63) is 17.5 Å². The second-order valence-corrected chi connectivity index (χ2v) is 3.73. The number of nitrogens with one attached hydrogen (secondary N) is 1. The van der Waals surface area contributed by atoms with Crippen molar-refractivity contribution in [3.63, 3.8) is 0 Å². The van der Waals surface area contributed by atoms with Crippen LogP contribution in [0.5, 0.6) is 0 Å². The molecule has 0 fully saturated rings. The van der Waals surface area contributed by atoms with Gasteiger partial charge in [0.05, 0.1) is 11.8 Å². The van der Waals surface area contributed by atoms with Gasteiger partial charge in [0.2, 0.25) is 0 Å². The Hall–Kier alpha value is -1.34. The Morgan fingerprint density at radius 2 is 2.21 bits per heavy atom. The van der Waals surface area contributed by atoms with Gasteiger partial charge in [-0.15, -0.1) is 0 Å². The molecule has 0 saturated carbocycles. The van der Waals surface area contributed by atoms with E-state index in [9.17, 15) is 0 Å². The third-order valence-corrected chi connectivity index (χ3v) is 1.99. The minimum absolute atomic E-state index is 0.260. The Kier molecular flexibility index (Phi) is 3.26. The van der Waals surface area contributed by atoms with Gasteiger partial charge < -0.3 is 0 Å². The van der Waals surface area contributed by atoms with Crippen LogP contribution in [0.4, 0.5) is 0 Å². The predicted molar refractivity (Wildman–Crippen MR) is 54.6 cm³/mol. The van der Waals surface area contributed by atoms with Crippen LogP contribution >= 0.6 is 0 Å². The highest BCUT2D eigenvalue weighted by atomic mass is 15.3. The molecule has 0 radical (unpaired) electrons. The SMILES string of the molecule is Cc1nn(C)cc1C(C#N)NC(C)C. The lowest BCUT2D eigenvalue weighted by molar-refractivity contribution is 0.544. The molecule has 1 N–H and O–H groups in total. The van der Waals surface area contributed by atoms with Crippen molar-refractivity contribution in [2.24, 2.45) is 7.05 Å². The van der Waals surface area contributed by atoms with Gasteiger partial charge in [0.25, 0.3) is 0 Å². The zero-order valence-corrected chi connectivity index (χ0v) is 9.07. The molecule has 0 bridgehead atoms. The standard InChI is InChI=1S/C10H16N4/c1-7(2)12-10(5-11)9-6-14(4)13-8(9)3/h6-7,10,12H,1-4H3. The molecule has 0 saturated heterocycles. The quantitative estimate of drug-likeness (QED) is 0.785. The van der Waals surface area contributed by atoms with Gasteiger partial charge in [-0.25, -0.2) is 0 Å². The Balaban J connectivity index is 2.90. The fraction of sp³-hybridized carbons (Fsp3) is 0.600. The van der Waals surface area contributed by atoms with Gasteiger partial charge in [0, 0.05) is 24.8 Å². The molecule has 1 unspecified atom stereocenters. The lowest BCUT2D eigenvalue weighted by Gasteiger charge is -2.13. The van der Waals surface area contributed by atoms with Crippen molar-refractivity contribution in [3.8, 4) is 6.07 Å². The zero-order valence-electron chi connectivity index (χ0n) is 9.07. The fourth-order valence-electron chi connectivity index (χ4n) is 1.43. The van der Waals surface area contributed by atoms with E-state index in [0.717, 1.165) is 11.3 Å². The Labute approximate surface area is 84.5 Å². The summed E-state index contributed by atoms with van der Waals surface area (Å²) in [6.45, 7) is 5.97. The monoisotopic (exact) mass is 192 g/mol. The maximum absolute atomic E-state index is 9.01. The number of aromatic nitrogens is 2. The van der Waals surface area contributed by atoms with E-state index in [2.05, 4.69) is 16.5 Å². The van der Waals surface area contributed by atoms with Crippen molar-refractivity contribution in [1.29, 1.82) is 5.26 Å². The first-order chi connectivity index (χ1) is 6.54. The molecule has 0 aliphatic carbocycles. The largest absolute Gasteiger partial charge is 0.296 e. The molecule has 1 atom stereocenters. The van der Waals surface area contributed by atoms with E-state index in [1.54, 1.807) is 4.68 Å². The average molecular weight is 192 g/mol. The summed E-state index contributed by atoms with van der Waals surface area (Å²) in [5.41, 5.74) is 1.87. The number of aryl methyl sites for hydroxylation is 2. The highest BCUT2D eigenvalue weighted by Crippen LogP contribution is 2.15. The normalized spacial score (nSPS) is 12.9. The summed E-state index contributed by atoms with van der Waals surface area (Å²) < 4.78 is 1.73. The molecule has 0 spiro atoms. The Morgan fingerprint density at radius 3 is 2.57 bits per heavy atom. The van der Waals surface area contributed by atoms with Crippen LogP contribution in [-0.4, -0.2) is 15.8 Å². The lowest BCUT2D eigenvalue weighted by atomic mass is 10.1. The smallest absolute Gasteiger partial charge is 0.124 e. The summed E-state index contributed by atoms with van der Waals surface area (Å²) in [6, 6.07) is 2.27. The fourth-order valence-corrected chi connectivity index (χ4v) is 1.43. The van der Waals surface area contributed by atoms with Gasteiger partial charge in [-0.3, -0.25) is 10.00 Å². The van der Waals surface area contributed by atoms with Crippen molar-refractivity contribution < 1.29 is 0 Å². The third kappa shape index (κ3) is 2.33. The van der Waals surface area contributed by atoms with Gasteiger partial charge in [-0.1, -0.05) is 0 Å². The van der Waals surface area contributed by atoms with Gasteiger partial charge in [-0.2, -0.15) is 10.4 Å². The molecule has 1 heterocycles. The summed E-state index contributed by atoms with van der Waals surface area (Å²) in [5.74, 6) is 0. The minimum atomic E-state index is -0.260. The van der Waals surface area contributed by atoms with E-state index in [0.29, 0.717) is 6.04 Å². The number of nitrogens with zero attached hydrogens (tertiary/aromatic N) is 3. The van der Waals surface area contributed by atoms with Crippen LogP contribution in [-0.2, 0) is 7.05 Å². The first-order valence-electron chi connectivity index (χ1n) is 4.70. The number of nitriles is 1. The Morgan fingerprint density at radius 1 is 1.57 bits per heavy atom. The van der Waals surface area contributed by atoms with E-state index in [-0.39, 0.29) is 6.04 Å². The highest BCUT2D eigenvalue weighted by Gasteiger charge is 2.16. The molecule has 1 rings (SSSR count). The lowest BCUT2D eigenvalue weighted by Crippen LogP contribution is -2.27. The molecule has 14 heavy (non-hydrogen) atoms. The molecule has 76 valence electrons. The van der Waals surface area contributed by atoms with Crippen LogP contribution in [0.25, 0.3) is 0 Å². The van der Waals surface area contributed by atoms with Crippen LogP contribution in [0.1, 0.15) is 31.1 Å². The topological polar surface area (TPSA) is 53.6 Å². The van der Waals surface area contributed by atoms with E-state index >= 15 is 0 Å². The molecule has 1 aromatic heterocycles. The molecule has 0 aliphatic heterocycles. The summed E-state index contributed by atoms with van der Waals surface area (Å²) in [4.78, 5) is 0. The van der Waals surface area contributed by atoms with Crippen molar-refractivity contribution >= 4 is 0 Å². The zero-order chi connectivity index (χ0) is 10.7. The summed E-state index contributed by atoms with van der Waals surface area (Å²) in [7, 11) is 1.86. The van der Waals surface area contributed by atoms with Gasteiger partial charge in [0.15, 0.2) is 0 Å². The van der Waals surface area contributed by atoms with Crippen molar-refractivity contribution in [2.45, 2.75) is 32.9 Å². The first-order valence-corrected chi connectivity index (χ1v) is 4.70. The predicted octanol–water partition coefficient (Wildman–Crippen LogP) is 1.29. The molecular formula is C10H16N4. The summed E-state index contributed by atoms with van der Waals surface area (Å²) in [6.07, 6.45) is 1.89. The Bertz CT molecular complexity index is 345. The van der Waals surface area contributed by atoms with Gasteiger partial charge in [-0.05, 0) is 20.8 Å². The minimum Gasteiger partial charge on any atom is -0.296 e. The van der Waals surface area contributed by atoms with E-state index < -0.39 is 0 Å². The molecule has 4 nitrogen and oxygen atoms in total. The first kappa shape index (κ1) is 10.7. The number of hydrogen-bond acceptors (Lipinski definition) is 3. The molecular weight excluding hydrogens is 176 g/mol.